The van der Waals surface area contributed by atoms with Crippen molar-refractivity contribution in [2.75, 3.05) is 11.9 Å². The van der Waals surface area contributed by atoms with Crippen LogP contribution in [0.15, 0.2) is 36.7 Å². The van der Waals surface area contributed by atoms with Crippen LogP contribution in [0.3, 0.4) is 0 Å². The lowest BCUT2D eigenvalue weighted by Gasteiger charge is -2.22. The standard InChI is InChI=1S/C19H28N4O2/c1-4-5-6-7-15-8-10-17(11-9-15)22-18(24)20-14-19(2,25)16-12-21-23(3)13-16/h8-13,25H,4-7,14H2,1-3H3,(H2,20,22,24). The molecule has 0 aliphatic heterocycles. The van der Waals surface area contributed by atoms with Crippen molar-refractivity contribution in [3.8, 4) is 0 Å². The molecule has 1 aromatic carbocycles. The van der Waals surface area contributed by atoms with Gasteiger partial charge in [-0.15, -0.1) is 0 Å². The molecule has 136 valence electrons. The number of hydrogen-bond acceptors (Lipinski definition) is 3. The molecular weight excluding hydrogens is 316 g/mol. The monoisotopic (exact) mass is 344 g/mol. The number of unbranched alkanes of at least 4 members (excludes halogenated alkanes) is 2. The van der Waals surface area contributed by atoms with Crippen LogP contribution in [-0.4, -0.2) is 27.5 Å². The van der Waals surface area contributed by atoms with Crippen LogP contribution in [-0.2, 0) is 19.1 Å². The molecular formula is C19H28N4O2. The van der Waals surface area contributed by atoms with Crippen LogP contribution in [0.1, 0.15) is 44.2 Å². The van der Waals surface area contributed by atoms with Gasteiger partial charge in [-0.1, -0.05) is 31.9 Å². The number of amides is 2. The van der Waals surface area contributed by atoms with Crippen LogP contribution in [0, 0.1) is 0 Å². The molecule has 0 fully saturated rings. The van der Waals surface area contributed by atoms with Gasteiger partial charge in [0, 0.05) is 24.5 Å². The van der Waals surface area contributed by atoms with Gasteiger partial charge in [-0.3, -0.25) is 4.68 Å². The van der Waals surface area contributed by atoms with Gasteiger partial charge in [0.2, 0.25) is 0 Å². The number of nitrogens with one attached hydrogen (secondary N) is 2. The number of hydrogen-bond donors (Lipinski definition) is 3. The van der Waals surface area contributed by atoms with Crippen LogP contribution < -0.4 is 10.6 Å². The maximum absolute atomic E-state index is 12.0. The molecule has 0 radical (unpaired) electrons. The molecule has 0 aliphatic carbocycles. The largest absolute Gasteiger partial charge is 0.383 e. The first-order chi connectivity index (χ1) is 11.9. The molecule has 2 aromatic rings. The van der Waals surface area contributed by atoms with E-state index in [0.717, 1.165) is 12.1 Å². The van der Waals surface area contributed by atoms with E-state index in [1.54, 1.807) is 31.0 Å². The number of aliphatic hydroxyl groups is 1. The number of aryl methyl sites for hydroxylation is 2. The molecule has 0 aliphatic rings. The molecule has 1 heterocycles. The van der Waals surface area contributed by atoms with E-state index in [0.29, 0.717) is 5.56 Å². The van der Waals surface area contributed by atoms with Crippen molar-refractivity contribution in [2.45, 2.75) is 45.1 Å². The fraction of sp³-hybridized carbons (Fsp3) is 0.474. The van der Waals surface area contributed by atoms with Crippen LogP contribution in [0.25, 0.3) is 0 Å². The van der Waals surface area contributed by atoms with Crippen LogP contribution in [0.2, 0.25) is 0 Å². The third-order valence-corrected chi connectivity index (χ3v) is 4.20. The van der Waals surface area contributed by atoms with E-state index < -0.39 is 5.60 Å². The van der Waals surface area contributed by atoms with Gasteiger partial charge in [-0.25, -0.2) is 4.79 Å². The predicted molar refractivity (Wildman–Crippen MR) is 99.5 cm³/mol. The molecule has 0 bridgehead atoms. The molecule has 6 nitrogen and oxygen atoms in total. The van der Waals surface area contributed by atoms with Crippen molar-refractivity contribution < 1.29 is 9.90 Å². The zero-order chi connectivity index (χ0) is 18.3. The predicted octanol–water partition coefficient (Wildman–Crippen LogP) is 3.18. The lowest BCUT2D eigenvalue weighted by Crippen LogP contribution is -2.40. The fourth-order valence-corrected chi connectivity index (χ4v) is 2.56. The number of carbonyl (C=O) groups excluding carboxylic acids is 1. The number of benzene rings is 1. The minimum Gasteiger partial charge on any atom is -0.383 e. The SMILES string of the molecule is CCCCCc1ccc(NC(=O)NCC(C)(O)c2cnn(C)c2)cc1. The van der Waals surface area contributed by atoms with E-state index >= 15 is 0 Å². The van der Waals surface area contributed by atoms with E-state index in [2.05, 4.69) is 22.7 Å². The minimum absolute atomic E-state index is 0.0969. The summed E-state index contributed by atoms with van der Waals surface area (Å²) in [6.45, 7) is 3.94. The molecule has 0 saturated carbocycles. The van der Waals surface area contributed by atoms with E-state index in [4.69, 9.17) is 0 Å². The minimum atomic E-state index is -1.17. The van der Waals surface area contributed by atoms with E-state index in [1.165, 1.54) is 24.8 Å². The average Bonchev–Trinajstić information content (AvgIpc) is 3.02. The maximum Gasteiger partial charge on any atom is 0.319 e. The molecule has 0 saturated heterocycles. The first kappa shape index (κ1) is 19.0. The normalized spacial score (nSPS) is 13.3. The summed E-state index contributed by atoms with van der Waals surface area (Å²) in [7, 11) is 1.78. The third-order valence-electron chi connectivity index (χ3n) is 4.20. The summed E-state index contributed by atoms with van der Waals surface area (Å²) in [5.41, 5.74) is 1.50. The van der Waals surface area contributed by atoms with Crippen molar-refractivity contribution >= 4 is 11.7 Å². The lowest BCUT2D eigenvalue weighted by atomic mass is 10.00. The van der Waals surface area contributed by atoms with Crippen molar-refractivity contribution in [1.29, 1.82) is 0 Å². The second kappa shape index (κ2) is 8.67. The zero-order valence-electron chi connectivity index (χ0n) is 15.2. The second-order valence-corrected chi connectivity index (χ2v) is 6.64. The van der Waals surface area contributed by atoms with Gasteiger partial charge in [0.1, 0.15) is 5.60 Å². The summed E-state index contributed by atoms with van der Waals surface area (Å²) >= 11 is 0. The number of urea groups is 1. The molecule has 2 amide bonds. The Kier molecular flexibility index (Phi) is 6.58. The Labute approximate surface area is 149 Å². The maximum atomic E-state index is 12.0. The molecule has 1 aromatic heterocycles. The first-order valence-electron chi connectivity index (χ1n) is 8.76. The lowest BCUT2D eigenvalue weighted by molar-refractivity contribution is 0.0599. The molecule has 1 atom stereocenters. The van der Waals surface area contributed by atoms with Crippen LogP contribution >= 0.6 is 0 Å². The summed E-state index contributed by atoms with van der Waals surface area (Å²) in [5, 5.41) is 20.0. The average molecular weight is 344 g/mol. The zero-order valence-corrected chi connectivity index (χ0v) is 15.2. The third kappa shape index (κ3) is 5.90. The topological polar surface area (TPSA) is 79.2 Å². The van der Waals surface area contributed by atoms with Crippen molar-refractivity contribution in [1.82, 2.24) is 15.1 Å². The molecule has 25 heavy (non-hydrogen) atoms. The van der Waals surface area contributed by atoms with E-state index in [1.807, 2.05) is 24.3 Å². The quantitative estimate of drug-likeness (QED) is 0.644. The summed E-state index contributed by atoms with van der Waals surface area (Å²) in [5.74, 6) is 0. The molecule has 1 unspecified atom stereocenters. The van der Waals surface area contributed by atoms with Crippen molar-refractivity contribution in [3.63, 3.8) is 0 Å². The number of anilines is 1. The second-order valence-electron chi connectivity index (χ2n) is 6.64. The number of carbonyl (C=O) groups is 1. The Balaban J connectivity index is 1.81. The van der Waals surface area contributed by atoms with Crippen molar-refractivity contribution in [2.24, 2.45) is 7.05 Å². The first-order valence-corrected chi connectivity index (χ1v) is 8.76. The highest BCUT2D eigenvalue weighted by atomic mass is 16.3. The van der Waals surface area contributed by atoms with Gasteiger partial charge in [0.05, 0.1) is 12.7 Å². The Morgan fingerprint density at radius 3 is 2.60 bits per heavy atom. The van der Waals surface area contributed by atoms with Gasteiger partial charge in [-0.05, 0) is 37.5 Å². The number of aromatic nitrogens is 2. The van der Waals surface area contributed by atoms with Gasteiger partial charge in [0.15, 0.2) is 0 Å². The molecule has 0 spiro atoms. The van der Waals surface area contributed by atoms with Crippen LogP contribution in [0.5, 0.6) is 0 Å². The Morgan fingerprint density at radius 2 is 2.00 bits per heavy atom. The fourth-order valence-electron chi connectivity index (χ4n) is 2.56. The Bertz CT molecular complexity index is 677. The number of rotatable bonds is 8. The smallest absolute Gasteiger partial charge is 0.319 e. The summed E-state index contributed by atoms with van der Waals surface area (Å²) in [4.78, 5) is 12.0. The van der Waals surface area contributed by atoms with Gasteiger partial charge < -0.3 is 15.7 Å². The summed E-state index contributed by atoms with van der Waals surface area (Å²) in [6.07, 6.45) is 8.02. The van der Waals surface area contributed by atoms with Gasteiger partial charge in [0.25, 0.3) is 0 Å². The van der Waals surface area contributed by atoms with Crippen LogP contribution in [0.4, 0.5) is 10.5 Å². The highest BCUT2D eigenvalue weighted by Gasteiger charge is 2.25. The highest BCUT2D eigenvalue weighted by molar-refractivity contribution is 5.89. The van der Waals surface area contributed by atoms with E-state index in [9.17, 15) is 9.90 Å². The summed E-state index contributed by atoms with van der Waals surface area (Å²) < 4.78 is 1.62. The van der Waals surface area contributed by atoms with Gasteiger partial charge >= 0.3 is 6.03 Å². The highest BCUT2D eigenvalue weighted by Crippen LogP contribution is 2.18. The van der Waals surface area contributed by atoms with Gasteiger partial charge in [-0.2, -0.15) is 5.10 Å². The Hall–Kier alpha value is -2.34. The van der Waals surface area contributed by atoms with E-state index in [-0.39, 0.29) is 12.6 Å². The number of nitrogens with zero attached hydrogens (tertiary/aromatic N) is 2. The molecule has 6 heteroatoms. The summed E-state index contributed by atoms with van der Waals surface area (Å²) in [6, 6.07) is 7.54. The Morgan fingerprint density at radius 1 is 1.28 bits per heavy atom. The molecule has 3 N–H and O–H groups in total. The van der Waals surface area contributed by atoms with Crippen molar-refractivity contribution in [3.05, 3.63) is 47.8 Å². The molecule has 2 rings (SSSR count).